The molecule has 0 spiro atoms. The maximum absolute atomic E-state index is 15.0. The molecule has 1 aromatic carbocycles. The van der Waals surface area contributed by atoms with Crippen LogP contribution < -0.4 is 21.1 Å². The molecule has 218 valence electrons. The summed E-state index contributed by atoms with van der Waals surface area (Å²) in [6, 6.07) is 6.25. The maximum atomic E-state index is 15.0. The van der Waals surface area contributed by atoms with Crippen molar-refractivity contribution in [2.24, 2.45) is 5.92 Å². The monoisotopic (exact) mass is 589 g/mol. The first kappa shape index (κ1) is 29.2. The van der Waals surface area contributed by atoms with Gasteiger partial charge in [0.2, 0.25) is 5.95 Å². The number of fused-ring (bicyclic) bond motifs is 1. The molecular weight excluding hydrogens is 558 g/mol. The van der Waals surface area contributed by atoms with Crippen LogP contribution in [0.1, 0.15) is 25.3 Å². The van der Waals surface area contributed by atoms with Gasteiger partial charge in [0, 0.05) is 62.0 Å². The Hall–Kier alpha value is -3.34. The first-order valence-corrected chi connectivity index (χ1v) is 14.6. The van der Waals surface area contributed by atoms with Gasteiger partial charge in [-0.3, -0.25) is 13.7 Å². The van der Waals surface area contributed by atoms with Crippen LogP contribution in [0, 0.1) is 23.6 Å². The van der Waals surface area contributed by atoms with E-state index in [-0.39, 0.29) is 34.5 Å². The quantitative estimate of drug-likeness (QED) is 0.258. The lowest BCUT2D eigenvalue weighted by Gasteiger charge is -2.33. The number of hydrogen-bond acceptors (Lipinski definition) is 8. The van der Waals surface area contributed by atoms with Gasteiger partial charge >= 0.3 is 6.18 Å². The minimum Gasteiger partial charge on any atom is -0.366 e. The SMILES string of the molecule is CSN1CCC(C#Cc2cc3cnc(Nc4ccc(N5CCNC(C)C5)c(F)c4)nc3n(CC(F)(F)F)c2=O)CC1. The second-order valence-electron chi connectivity index (χ2n) is 10.3. The number of rotatable bonds is 5. The zero-order valence-corrected chi connectivity index (χ0v) is 23.6. The average Bonchev–Trinajstić information content (AvgIpc) is 2.93. The summed E-state index contributed by atoms with van der Waals surface area (Å²) < 4.78 is 58.4. The van der Waals surface area contributed by atoms with Crippen LogP contribution in [-0.4, -0.2) is 70.0 Å². The summed E-state index contributed by atoms with van der Waals surface area (Å²) in [5, 5.41) is 6.41. The molecule has 2 aliphatic heterocycles. The van der Waals surface area contributed by atoms with Crippen molar-refractivity contribution in [1.29, 1.82) is 0 Å². The fourth-order valence-corrected chi connectivity index (χ4v) is 5.69. The largest absolute Gasteiger partial charge is 0.406 e. The highest BCUT2D eigenvalue weighted by Crippen LogP contribution is 2.26. The van der Waals surface area contributed by atoms with Crippen molar-refractivity contribution >= 4 is 40.3 Å². The van der Waals surface area contributed by atoms with Gasteiger partial charge in [-0.25, -0.2) is 9.37 Å². The van der Waals surface area contributed by atoms with E-state index in [1.54, 1.807) is 24.1 Å². The van der Waals surface area contributed by atoms with Gasteiger partial charge in [-0.05, 0) is 50.3 Å². The van der Waals surface area contributed by atoms with Gasteiger partial charge in [0.25, 0.3) is 5.56 Å². The van der Waals surface area contributed by atoms with Gasteiger partial charge < -0.3 is 15.5 Å². The molecule has 13 heteroatoms. The molecule has 2 N–H and O–H groups in total. The van der Waals surface area contributed by atoms with E-state index in [4.69, 9.17) is 0 Å². The van der Waals surface area contributed by atoms with Gasteiger partial charge in [-0.1, -0.05) is 23.8 Å². The Balaban J connectivity index is 1.43. The van der Waals surface area contributed by atoms with E-state index in [0.717, 1.165) is 32.5 Å². The molecule has 2 aliphatic rings. The van der Waals surface area contributed by atoms with E-state index in [2.05, 4.69) is 36.7 Å². The summed E-state index contributed by atoms with van der Waals surface area (Å²) in [7, 11) is 0. The highest BCUT2D eigenvalue weighted by atomic mass is 32.2. The van der Waals surface area contributed by atoms with Gasteiger partial charge in [0.15, 0.2) is 0 Å². The van der Waals surface area contributed by atoms with E-state index in [0.29, 0.717) is 29.0 Å². The van der Waals surface area contributed by atoms with E-state index in [1.165, 1.54) is 18.3 Å². The third-order valence-electron chi connectivity index (χ3n) is 7.20. The molecule has 2 saturated heterocycles. The lowest BCUT2D eigenvalue weighted by atomic mass is 9.98. The molecule has 8 nitrogen and oxygen atoms in total. The molecular formula is C28H31F4N7OS. The van der Waals surface area contributed by atoms with Crippen LogP contribution in [0.5, 0.6) is 0 Å². The number of nitrogens with one attached hydrogen (secondary N) is 2. The van der Waals surface area contributed by atoms with Crippen LogP contribution in [0.15, 0.2) is 35.3 Å². The smallest absolute Gasteiger partial charge is 0.366 e. The number of alkyl halides is 3. The number of nitrogens with zero attached hydrogens (tertiary/aromatic N) is 5. The number of piperazine rings is 1. The number of aromatic nitrogens is 3. The Bertz CT molecular complexity index is 1530. The van der Waals surface area contributed by atoms with Crippen molar-refractivity contribution < 1.29 is 17.6 Å². The molecule has 2 fully saturated rings. The van der Waals surface area contributed by atoms with Gasteiger partial charge in [-0.15, -0.1) is 0 Å². The molecule has 0 radical (unpaired) electrons. The van der Waals surface area contributed by atoms with Crippen molar-refractivity contribution in [3.63, 3.8) is 0 Å². The standard InChI is InChI=1S/C28H31F4N7OS/c1-18-16-37(12-9-33-18)24-6-5-22(14-23(24)29)35-27-34-15-21-13-20(4-3-19-7-10-38(41-2)11-8-19)26(40)39(25(21)36-27)17-28(30,31)32/h5-6,13-15,18-19,33H,7-12,16-17H2,1-2H3,(H,34,35,36). The normalized spacial score (nSPS) is 18.8. The number of halogens is 4. The average molecular weight is 590 g/mol. The number of piperidine rings is 1. The predicted molar refractivity (Wildman–Crippen MR) is 154 cm³/mol. The molecule has 0 amide bonds. The van der Waals surface area contributed by atoms with Crippen LogP contribution in [0.25, 0.3) is 11.0 Å². The molecule has 2 aromatic heterocycles. The summed E-state index contributed by atoms with van der Waals surface area (Å²) in [4.78, 5) is 23.6. The zero-order valence-electron chi connectivity index (χ0n) is 22.8. The second-order valence-corrected chi connectivity index (χ2v) is 11.2. The number of anilines is 3. The summed E-state index contributed by atoms with van der Waals surface area (Å²) in [5.74, 6) is 5.48. The Labute approximate surface area is 239 Å². The lowest BCUT2D eigenvalue weighted by molar-refractivity contribution is -0.140. The molecule has 1 unspecified atom stereocenters. The fraction of sp³-hybridized carbons (Fsp3) is 0.464. The molecule has 3 aromatic rings. The van der Waals surface area contributed by atoms with E-state index >= 15 is 0 Å². The van der Waals surface area contributed by atoms with Crippen molar-refractivity contribution in [2.75, 3.05) is 49.2 Å². The molecule has 0 bridgehead atoms. The summed E-state index contributed by atoms with van der Waals surface area (Å²) >= 11 is 1.67. The van der Waals surface area contributed by atoms with Gasteiger partial charge in [0.05, 0.1) is 11.3 Å². The number of hydrogen-bond donors (Lipinski definition) is 2. The van der Waals surface area contributed by atoms with E-state index in [1.807, 2.05) is 18.1 Å². The molecule has 0 aliphatic carbocycles. The van der Waals surface area contributed by atoms with Crippen LogP contribution >= 0.6 is 11.9 Å². The third kappa shape index (κ3) is 7.12. The minimum absolute atomic E-state index is 0.0294. The Kier molecular flexibility index (Phi) is 8.72. The molecule has 5 rings (SSSR count). The predicted octanol–water partition coefficient (Wildman–Crippen LogP) is 4.38. The van der Waals surface area contributed by atoms with Gasteiger partial charge in [-0.2, -0.15) is 18.2 Å². The number of benzene rings is 1. The lowest BCUT2D eigenvalue weighted by Crippen LogP contribution is -2.49. The van der Waals surface area contributed by atoms with Crippen molar-refractivity contribution in [3.05, 3.63) is 52.2 Å². The van der Waals surface area contributed by atoms with E-state index < -0.39 is 24.1 Å². The molecule has 4 heterocycles. The maximum Gasteiger partial charge on any atom is 0.406 e. The highest BCUT2D eigenvalue weighted by molar-refractivity contribution is 7.96. The number of pyridine rings is 1. The van der Waals surface area contributed by atoms with Gasteiger partial charge in [0.1, 0.15) is 18.0 Å². The topological polar surface area (TPSA) is 78.3 Å². The molecule has 1 atom stereocenters. The third-order valence-corrected chi connectivity index (χ3v) is 8.08. The van der Waals surface area contributed by atoms with Crippen LogP contribution in [0.2, 0.25) is 0 Å². The summed E-state index contributed by atoms with van der Waals surface area (Å²) in [6.07, 6.45) is 0.340. The summed E-state index contributed by atoms with van der Waals surface area (Å²) in [5.41, 5.74) is -0.290. The Morgan fingerprint density at radius 3 is 2.66 bits per heavy atom. The fourth-order valence-electron chi connectivity index (χ4n) is 5.12. The minimum atomic E-state index is -4.66. The second kappa shape index (κ2) is 12.3. The first-order valence-electron chi connectivity index (χ1n) is 13.4. The van der Waals surface area contributed by atoms with Crippen LogP contribution in [0.4, 0.5) is 34.9 Å². The van der Waals surface area contributed by atoms with Crippen molar-refractivity contribution in [2.45, 2.75) is 38.5 Å². The Morgan fingerprint density at radius 1 is 1.20 bits per heavy atom. The molecule has 0 saturated carbocycles. The first-order chi connectivity index (χ1) is 19.6. The van der Waals surface area contributed by atoms with E-state index in [9.17, 15) is 22.4 Å². The van der Waals surface area contributed by atoms with Crippen molar-refractivity contribution in [3.8, 4) is 11.8 Å². The molecule has 41 heavy (non-hydrogen) atoms. The zero-order chi connectivity index (χ0) is 29.1. The summed E-state index contributed by atoms with van der Waals surface area (Å²) in [6.45, 7) is 4.31. The van der Waals surface area contributed by atoms with Crippen LogP contribution in [0.3, 0.4) is 0 Å². The Morgan fingerprint density at radius 2 is 1.98 bits per heavy atom. The van der Waals surface area contributed by atoms with Crippen molar-refractivity contribution in [1.82, 2.24) is 24.2 Å². The highest BCUT2D eigenvalue weighted by Gasteiger charge is 2.30. The van der Waals surface area contributed by atoms with Crippen LogP contribution in [-0.2, 0) is 6.54 Å².